The van der Waals surface area contributed by atoms with E-state index in [0.717, 1.165) is 59.4 Å². The molecule has 4 aromatic rings. The first-order valence-corrected chi connectivity index (χ1v) is 11.9. The van der Waals surface area contributed by atoms with Crippen molar-refractivity contribution in [2.24, 2.45) is 0 Å². The van der Waals surface area contributed by atoms with E-state index in [2.05, 4.69) is 76.9 Å². The van der Waals surface area contributed by atoms with E-state index in [1.807, 2.05) is 25.4 Å². The molecule has 0 aliphatic carbocycles. The van der Waals surface area contributed by atoms with Gasteiger partial charge in [-0.05, 0) is 70.9 Å². The quantitative estimate of drug-likeness (QED) is 0.452. The van der Waals surface area contributed by atoms with E-state index < -0.39 is 0 Å². The Morgan fingerprint density at radius 3 is 2.64 bits per heavy atom. The van der Waals surface area contributed by atoms with Crippen molar-refractivity contribution in [1.82, 2.24) is 19.9 Å². The molecule has 1 N–H and O–H groups in total. The van der Waals surface area contributed by atoms with Gasteiger partial charge < -0.3 is 15.0 Å². The number of aromatic nitrogens is 3. The van der Waals surface area contributed by atoms with E-state index in [4.69, 9.17) is 9.72 Å². The van der Waals surface area contributed by atoms with E-state index in [1.165, 1.54) is 5.69 Å². The molecule has 1 fully saturated rings. The smallest absolute Gasteiger partial charge is 0.139 e. The normalized spacial score (nSPS) is 15.5. The highest BCUT2D eigenvalue weighted by Crippen LogP contribution is 2.30. The summed E-state index contributed by atoms with van der Waals surface area (Å²) in [6, 6.07) is 17.3. The molecule has 0 atom stereocenters. The fourth-order valence-electron chi connectivity index (χ4n) is 4.82. The zero-order valence-electron chi connectivity index (χ0n) is 20.0. The topological polar surface area (TPSA) is 55.2 Å². The summed E-state index contributed by atoms with van der Waals surface area (Å²) in [5, 5.41) is 4.92. The number of nitrogens with one attached hydrogen (secondary N) is 1. The van der Waals surface area contributed by atoms with Crippen molar-refractivity contribution < 1.29 is 4.74 Å². The van der Waals surface area contributed by atoms with Gasteiger partial charge in [0, 0.05) is 36.1 Å². The third kappa shape index (κ3) is 4.53. The Morgan fingerprint density at radius 1 is 1.06 bits per heavy atom. The van der Waals surface area contributed by atoms with Crippen LogP contribution in [-0.4, -0.2) is 45.8 Å². The van der Waals surface area contributed by atoms with Crippen LogP contribution in [0.5, 0.6) is 5.75 Å². The lowest BCUT2D eigenvalue weighted by Crippen LogP contribution is -2.49. The SMILES string of the molecule is CCOc1ccc2c(c1)ncn2-c1ccc2cccc(N3CCC(NC(C)(C)C)CC3)c2n1. The summed E-state index contributed by atoms with van der Waals surface area (Å²) >= 11 is 0. The van der Waals surface area contributed by atoms with E-state index in [9.17, 15) is 0 Å². The van der Waals surface area contributed by atoms with Gasteiger partial charge in [0.05, 0.1) is 28.8 Å². The molecule has 1 aliphatic heterocycles. The van der Waals surface area contributed by atoms with Crippen molar-refractivity contribution in [2.45, 2.75) is 52.1 Å². The molecule has 0 spiro atoms. The highest BCUT2D eigenvalue weighted by molar-refractivity contribution is 5.92. The number of rotatable bonds is 5. The van der Waals surface area contributed by atoms with Gasteiger partial charge in [0.25, 0.3) is 0 Å². The molecule has 6 heteroatoms. The molecule has 0 radical (unpaired) electrons. The fourth-order valence-corrected chi connectivity index (χ4v) is 4.82. The molecule has 2 aromatic carbocycles. The highest BCUT2D eigenvalue weighted by atomic mass is 16.5. The number of hydrogen-bond acceptors (Lipinski definition) is 5. The summed E-state index contributed by atoms with van der Waals surface area (Å²) in [5.41, 5.74) is 4.35. The third-order valence-corrected chi connectivity index (χ3v) is 6.23. The van der Waals surface area contributed by atoms with Crippen LogP contribution in [-0.2, 0) is 0 Å². The Kier molecular flexibility index (Phi) is 5.71. The Balaban J connectivity index is 1.46. The van der Waals surface area contributed by atoms with Crippen LogP contribution >= 0.6 is 0 Å². The van der Waals surface area contributed by atoms with Crippen molar-refractivity contribution in [3.63, 3.8) is 0 Å². The Labute approximate surface area is 195 Å². The molecule has 1 aliphatic rings. The summed E-state index contributed by atoms with van der Waals surface area (Å²) < 4.78 is 7.69. The molecule has 0 saturated carbocycles. The van der Waals surface area contributed by atoms with Crippen LogP contribution < -0.4 is 15.0 Å². The second-order valence-corrected chi connectivity index (χ2v) is 9.87. The predicted molar refractivity (Wildman–Crippen MR) is 136 cm³/mol. The first-order chi connectivity index (χ1) is 15.9. The summed E-state index contributed by atoms with van der Waals surface area (Å²) in [4.78, 5) is 12.2. The monoisotopic (exact) mass is 443 g/mol. The van der Waals surface area contributed by atoms with Crippen molar-refractivity contribution in [2.75, 3.05) is 24.6 Å². The lowest BCUT2D eigenvalue weighted by atomic mass is 9.99. The highest BCUT2D eigenvalue weighted by Gasteiger charge is 2.24. The van der Waals surface area contributed by atoms with Crippen LogP contribution in [0.2, 0.25) is 0 Å². The molecule has 6 nitrogen and oxygen atoms in total. The van der Waals surface area contributed by atoms with Gasteiger partial charge in [0.2, 0.25) is 0 Å². The largest absolute Gasteiger partial charge is 0.494 e. The summed E-state index contributed by atoms with van der Waals surface area (Å²) in [6.07, 6.45) is 4.13. The lowest BCUT2D eigenvalue weighted by Gasteiger charge is -2.37. The number of benzene rings is 2. The van der Waals surface area contributed by atoms with Gasteiger partial charge in [-0.1, -0.05) is 12.1 Å². The number of hydrogen-bond donors (Lipinski definition) is 1. The lowest BCUT2D eigenvalue weighted by molar-refractivity contribution is 0.317. The van der Waals surface area contributed by atoms with Crippen LogP contribution in [0.25, 0.3) is 27.8 Å². The van der Waals surface area contributed by atoms with E-state index in [-0.39, 0.29) is 5.54 Å². The Morgan fingerprint density at radius 2 is 1.88 bits per heavy atom. The van der Waals surface area contributed by atoms with Gasteiger partial charge in [-0.2, -0.15) is 0 Å². The van der Waals surface area contributed by atoms with Crippen LogP contribution in [0.15, 0.2) is 54.9 Å². The second kappa shape index (κ2) is 8.67. The molecule has 3 heterocycles. The number of para-hydroxylation sites is 1. The fraction of sp³-hybridized carbons (Fsp3) is 0.407. The maximum atomic E-state index is 5.63. The minimum Gasteiger partial charge on any atom is -0.494 e. The first-order valence-electron chi connectivity index (χ1n) is 11.9. The number of piperidine rings is 1. The molecule has 33 heavy (non-hydrogen) atoms. The number of anilines is 1. The van der Waals surface area contributed by atoms with Gasteiger partial charge >= 0.3 is 0 Å². The number of imidazole rings is 1. The number of pyridine rings is 1. The minimum absolute atomic E-state index is 0.153. The molecule has 0 amide bonds. The van der Waals surface area contributed by atoms with Crippen LogP contribution in [0.1, 0.15) is 40.5 Å². The number of ether oxygens (including phenoxy) is 1. The van der Waals surface area contributed by atoms with Crippen molar-refractivity contribution in [1.29, 1.82) is 0 Å². The van der Waals surface area contributed by atoms with Crippen LogP contribution in [0.4, 0.5) is 5.69 Å². The van der Waals surface area contributed by atoms with Gasteiger partial charge in [-0.3, -0.25) is 4.57 Å². The van der Waals surface area contributed by atoms with Crippen molar-refractivity contribution in [3.05, 3.63) is 54.9 Å². The van der Waals surface area contributed by atoms with Crippen LogP contribution in [0, 0.1) is 0 Å². The average Bonchev–Trinajstić information content (AvgIpc) is 3.21. The van der Waals surface area contributed by atoms with Crippen molar-refractivity contribution >= 4 is 27.6 Å². The third-order valence-electron chi connectivity index (χ3n) is 6.23. The maximum Gasteiger partial charge on any atom is 0.139 e. The zero-order valence-corrected chi connectivity index (χ0v) is 20.0. The molecule has 0 bridgehead atoms. The molecule has 5 rings (SSSR count). The second-order valence-electron chi connectivity index (χ2n) is 9.87. The predicted octanol–water partition coefficient (Wildman–Crippen LogP) is 5.33. The Bertz CT molecular complexity index is 1260. The van der Waals surface area contributed by atoms with Gasteiger partial charge in [-0.25, -0.2) is 9.97 Å². The zero-order chi connectivity index (χ0) is 23.0. The molecular formula is C27H33N5O. The molecule has 2 aromatic heterocycles. The van der Waals surface area contributed by atoms with Crippen LogP contribution in [0.3, 0.4) is 0 Å². The van der Waals surface area contributed by atoms with E-state index in [1.54, 1.807) is 0 Å². The molecule has 1 saturated heterocycles. The Hall–Kier alpha value is -3.12. The van der Waals surface area contributed by atoms with Gasteiger partial charge in [-0.15, -0.1) is 0 Å². The average molecular weight is 444 g/mol. The summed E-state index contributed by atoms with van der Waals surface area (Å²) in [7, 11) is 0. The standard InChI is InChI=1S/C27H33N5O/c1-5-33-21-10-11-23-22(17-21)28-18-32(23)25-12-9-19-7-6-8-24(26(19)29-25)31-15-13-20(14-16-31)30-27(2,3)4/h6-12,17-18,20,30H,5,13-16H2,1-4H3. The summed E-state index contributed by atoms with van der Waals surface area (Å²) in [5.74, 6) is 1.72. The van der Waals surface area contributed by atoms with Crippen molar-refractivity contribution in [3.8, 4) is 11.6 Å². The van der Waals surface area contributed by atoms with E-state index >= 15 is 0 Å². The van der Waals surface area contributed by atoms with Gasteiger partial charge in [0.1, 0.15) is 17.9 Å². The number of nitrogens with zero attached hydrogens (tertiary/aromatic N) is 4. The molecule has 172 valence electrons. The van der Waals surface area contributed by atoms with Gasteiger partial charge in [0.15, 0.2) is 0 Å². The van der Waals surface area contributed by atoms with E-state index in [0.29, 0.717) is 12.6 Å². The minimum atomic E-state index is 0.153. The molecular weight excluding hydrogens is 410 g/mol. The number of fused-ring (bicyclic) bond motifs is 2. The maximum absolute atomic E-state index is 5.63. The first kappa shape index (κ1) is 21.7. The summed E-state index contributed by atoms with van der Waals surface area (Å²) in [6.45, 7) is 11.4. The molecule has 0 unspecified atom stereocenters.